The minimum absolute atomic E-state index is 0.00835. The summed E-state index contributed by atoms with van der Waals surface area (Å²) < 4.78 is 28.5. The van der Waals surface area contributed by atoms with E-state index in [0.29, 0.717) is 45.6 Å². The number of rotatable bonds is 16. The van der Waals surface area contributed by atoms with E-state index < -0.39 is 29.3 Å². The normalized spacial score (nSPS) is 16.5. The van der Waals surface area contributed by atoms with Gasteiger partial charge in [0, 0.05) is 45.2 Å². The third-order valence-corrected chi connectivity index (χ3v) is 17.4. The second kappa shape index (κ2) is 28.0. The van der Waals surface area contributed by atoms with Gasteiger partial charge in [0.15, 0.2) is 0 Å². The Morgan fingerprint density at radius 1 is 0.443 bits per heavy atom. The van der Waals surface area contributed by atoms with E-state index in [0.717, 1.165) is 107 Å². The van der Waals surface area contributed by atoms with E-state index in [1.54, 1.807) is 86.0 Å². The predicted octanol–water partition coefficient (Wildman–Crippen LogP) is 13.5. The molecular weight excluding hydrogens is 1110 g/mol. The molecule has 2 spiro atoms. The van der Waals surface area contributed by atoms with Crippen molar-refractivity contribution in [2.75, 3.05) is 26.7 Å². The van der Waals surface area contributed by atoms with E-state index >= 15 is 0 Å². The van der Waals surface area contributed by atoms with E-state index in [9.17, 15) is 29.4 Å². The minimum Gasteiger partial charge on any atom is -0.508 e. The Morgan fingerprint density at radius 3 is 1.19 bits per heavy atom. The first-order valence-electron chi connectivity index (χ1n) is 30.1. The van der Waals surface area contributed by atoms with Gasteiger partial charge in [-0.3, -0.25) is 0 Å². The minimum atomic E-state index is -0.538. The molecule has 0 bridgehead atoms. The summed E-state index contributed by atoms with van der Waals surface area (Å²) in [5.74, 6) is 0.807. The fraction of sp³-hybridized carbons (Fsp3) is 0.253. The highest BCUT2D eigenvalue weighted by molar-refractivity contribution is 5.93. The lowest BCUT2D eigenvalue weighted by atomic mass is 9.76. The number of ether oxygens (including phenoxy) is 5. The van der Waals surface area contributed by atoms with Crippen LogP contribution in [0.1, 0.15) is 134 Å². The Labute approximate surface area is 514 Å². The molecule has 0 aromatic heterocycles. The van der Waals surface area contributed by atoms with Gasteiger partial charge in [-0.2, -0.15) is 0 Å². The van der Waals surface area contributed by atoms with Crippen LogP contribution in [0.4, 0.5) is 0 Å². The summed E-state index contributed by atoms with van der Waals surface area (Å²) in [5, 5.41) is 29.1. The molecule has 88 heavy (non-hydrogen) atoms. The van der Waals surface area contributed by atoms with Crippen LogP contribution in [-0.2, 0) is 59.3 Å². The molecule has 8 aromatic carbocycles. The molecule has 0 heterocycles. The van der Waals surface area contributed by atoms with E-state index in [1.165, 1.54) is 42.9 Å². The number of nitrogens with zero attached hydrogens (tertiary/aromatic N) is 1. The zero-order valence-electron chi connectivity index (χ0n) is 50.1. The van der Waals surface area contributed by atoms with Gasteiger partial charge in [0.25, 0.3) is 0 Å². The monoisotopic (exact) mass is 1180 g/mol. The molecule has 8 aromatic rings. The van der Waals surface area contributed by atoms with Crippen LogP contribution in [0, 0.1) is 0 Å². The highest BCUT2D eigenvalue weighted by Gasteiger charge is 2.50. The first-order chi connectivity index (χ1) is 42.8. The largest absolute Gasteiger partial charge is 0.508 e. The molecule has 4 aliphatic carbocycles. The molecule has 0 amide bonds. The van der Waals surface area contributed by atoms with Crippen molar-refractivity contribution in [2.24, 2.45) is 0 Å². The van der Waals surface area contributed by atoms with E-state index in [1.807, 2.05) is 78.9 Å². The van der Waals surface area contributed by atoms with Gasteiger partial charge in [-0.1, -0.05) is 118 Å². The van der Waals surface area contributed by atoms with Crippen molar-refractivity contribution in [3.63, 3.8) is 0 Å². The predicted molar refractivity (Wildman–Crippen MR) is 339 cm³/mol. The number of aliphatic hydroxyl groups excluding tert-OH is 2. The van der Waals surface area contributed by atoms with Gasteiger partial charge in [0.2, 0.25) is 0 Å². The van der Waals surface area contributed by atoms with E-state index in [2.05, 4.69) is 49.9 Å². The fourth-order valence-corrected chi connectivity index (χ4v) is 12.9. The standard InChI is InChI=1S/C42H34O8.C27H24O4.C6H15N/c1-47-33-17-13-31(14-18-33)40(45)48-34-19-15-32(16-20-34)41(46)50-36-7-3-5-30-23-25-42(39(30)36)24-22-29-4-2-6-35(38(29)42)49-37(44)21-12-27-8-10-28(26-43)11-9-27;28-17-19-9-7-18(8-10-19)11-12-24(30)31-23-6-2-4-21-14-16-27(26(21)23)15-13-20-3-1-5-22(29)25(20)27;1-4-7(5-2)6-3/h2-21,43H,22-26H2,1H3;1-12,28-29H,13-17H2;4-6H2,1-3H3/b21-12+;12-11+;/t42-;27-;/m11./s1. The summed E-state index contributed by atoms with van der Waals surface area (Å²) >= 11 is 0. The molecule has 4 aliphatic rings. The summed E-state index contributed by atoms with van der Waals surface area (Å²) in [6, 6.07) is 50.6. The average molecular weight is 1180 g/mol. The number of hydrogen-bond donors (Lipinski definition) is 3. The number of aryl methyl sites for hydroxylation is 4. The number of carbonyl (C=O) groups is 4. The van der Waals surface area contributed by atoms with Crippen LogP contribution in [0.2, 0.25) is 0 Å². The SMILES string of the molecule is CCN(CC)CC.COc1ccc(C(=O)Oc2ccc(C(=O)Oc3cccc4c3[C@]3(CCc5cccc(OC(=O)/C=C/c6ccc(CO)cc6)c53)CC4)cc2)cc1.O=C(/C=C/c1ccc(CO)cc1)Oc1cccc2c1[C@]1(CCc3cccc(O)c31)CC2. The molecule has 12 rings (SSSR count). The van der Waals surface area contributed by atoms with Gasteiger partial charge in [-0.05, 0) is 200 Å². The number of benzene rings is 8. The lowest BCUT2D eigenvalue weighted by molar-refractivity contribution is -0.129. The summed E-state index contributed by atoms with van der Waals surface area (Å²) in [4.78, 5) is 54.1. The molecule has 3 N–H and O–H groups in total. The summed E-state index contributed by atoms with van der Waals surface area (Å²) in [5.41, 5.74) is 11.7. The van der Waals surface area contributed by atoms with E-state index in [-0.39, 0.29) is 18.6 Å². The van der Waals surface area contributed by atoms with Crippen LogP contribution in [0.3, 0.4) is 0 Å². The lowest BCUT2D eigenvalue weighted by Gasteiger charge is -2.29. The topological polar surface area (TPSA) is 178 Å². The van der Waals surface area contributed by atoms with Crippen LogP contribution in [0.15, 0.2) is 182 Å². The molecule has 0 radical (unpaired) electrons. The summed E-state index contributed by atoms with van der Waals surface area (Å²) in [6.45, 7) is 10.1. The second-order valence-electron chi connectivity index (χ2n) is 22.3. The lowest BCUT2D eigenvalue weighted by Crippen LogP contribution is -2.24. The molecule has 13 heteroatoms. The summed E-state index contributed by atoms with van der Waals surface area (Å²) in [7, 11) is 1.55. The van der Waals surface area contributed by atoms with Crippen molar-refractivity contribution in [3.8, 4) is 34.5 Å². The van der Waals surface area contributed by atoms with Gasteiger partial charge in [-0.25, -0.2) is 19.2 Å². The van der Waals surface area contributed by atoms with Gasteiger partial charge in [0.05, 0.1) is 31.5 Å². The number of carbonyl (C=O) groups excluding carboxylic acids is 4. The average Bonchev–Trinajstić information content (AvgIpc) is 1.58. The Bertz CT molecular complexity index is 3850. The smallest absolute Gasteiger partial charge is 0.343 e. The molecular formula is C75H73NO12. The number of hydrogen-bond acceptors (Lipinski definition) is 13. The second-order valence-corrected chi connectivity index (χ2v) is 22.3. The molecule has 0 unspecified atom stereocenters. The Hall–Kier alpha value is -9.40. The fourth-order valence-electron chi connectivity index (χ4n) is 12.9. The molecule has 13 nitrogen and oxygen atoms in total. The van der Waals surface area contributed by atoms with Gasteiger partial charge in [0.1, 0.15) is 34.5 Å². The van der Waals surface area contributed by atoms with Crippen molar-refractivity contribution < 1.29 is 58.2 Å². The molecule has 450 valence electrons. The maximum atomic E-state index is 13.5. The van der Waals surface area contributed by atoms with Gasteiger partial charge >= 0.3 is 23.9 Å². The molecule has 0 saturated heterocycles. The summed E-state index contributed by atoms with van der Waals surface area (Å²) in [6.07, 6.45) is 13.0. The van der Waals surface area contributed by atoms with Crippen LogP contribution in [-0.4, -0.2) is 70.8 Å². The first-order valence-corrected chi connectivity index (χ1v) is 30.1. The maximum Gasteiger partial charge on any atom is 0.343 e. The molecule has 0 aliphatic heterocycles. The zero-order chi connectivity index (χ0) is 61.8. The van der Waals surface area contributed by atoms with Gasteiger partial charge < -0.3 is 43.9 Å². The van der Waals surface area contributed by atoms with Gasteiger partial charge in [-0.15, -0.1) is 0 Å². The van der Waals surface area contributed by atoms with Crippen LogP contribution in [0.5, 0.6) is 34.5 Å². The van der Waals surface area contributed by atoms with Crippen molar-refractivity contribution >= 4 is 36.0 Å². The van der Waals surface area contributed by atoms with Crippen LogP contribution >= 0.6 is 0 Å². The number of methoxy groups -OCH3 is 1. The van der Waals surface area contributed by atoms with Crippen LogP contribution in [0.25, 0.3) is 12.2 Å². The third-order valence-electron chi connectivity index (χ3n) is 17.4. The van der Waals surface area contributed by atoms with E-state index in [4.69, 9.17) is 28.8 Å². The Morgan fingerprint density at radius 2 is 0.807 bits per heavy atom. The molecule has 2 atom stereocenters. The number of esters is 4. The maximum absolute atomic E-state index is 13.5. The highest BCUT2D eigenvalue weighted by atomic mass is 16.5. The van der Waals surface area contributed by atoms with Crippen LogP contribution < -0.4 is 23.7 Å². The number of fused-ring (bicyclic) bond motifs is 8. The van der Waals surface area contributed by atoms with Crippen molar-refractivity contribution in [2.45, 2.75) is 96.2 Å². The van der Waals surface area contributed by atoms with Crippen molar-refractivity contribution in [1.82, 2.24) is 4.90 Å². The number of aliphatic hydroxyl groups is 2. The number of phenols is 1. The Balaban J connectivity index is 0.000000191. The zero-order valence-corrected chi connectivity index (χ0v) is 50.1. The first kappa shape index (κ1) is 61.7. The Kier molecular flexibility index (Phi) is 19.6. The molecule has 0 fully saturated rings. The third kappa shape index (κ3) is 13.4. The highest BCUT2D eigenvalue weighted by Crippen LogP contribution is 2.59. The number of phenolic OH excluding ortho intramolecular Hbond substituents is 1. The number of aromatic hydroxyl groups is 1. The quantitative estimate of drug-likeness (QED) is 0.0473. The van der Waals surface area contributed by atoms with Crippen molar-refractivity contribution in [1.29, 1.82) is 0 Å². The molecule has 0 saturated carbocycles. The van der Waals surface area contributed by atoms with Crippen molar-refractivity contribution in [3.05, 3.63) is 260 Å².